The van der Waals surface area contributed by atoms with Gasteiger partial charge in [-0.1, -0.05) is 13.0 Å². The monoisotopic (exact) mass is 322 g/mol. The normalized spacial score (nSPS) is 19.2. The second kappa shape index (κ2) is 6.93. The van der Waals surface area contributed by atoms with Crippen LogP contribution in [-0.2, 0) is 4.74 Å². The summed E-state index contributed by atoms with van der Waals surface area (Å²) >= 11 is 3.45. The van der Waals surface area contributed by atoms with Gasteiger partial charge in [-0.25, -0.2) is 0 Å². The highest BCUT2D eigenvalue weighted by molar-refractivity contribution is 9.10. The Balaban J connectivity index is 2.13. The Morgan fingerprint density at radius 3 is 3.11 bits per heavy atom. The Morgan fingerprint density at radius 2 is 2.37 bits per heavy atom. The summed E-state index contributed by atoms with van der Waals surface area (Å²) in [7, 11) is 0. The molecule has 1 atom stereocenters. The first-order valence-corrected chi connectivity index (χ1v) is 7.60. The van der Waals surface area contributed by atoms with E-state index >= 15 is 0 Å². The van der Waals surface area contributed by atoms with E-state index in [0.717, 1.165) is 54.7 Å². The molecule has 3 nitrogen and oxygen atoms in total. The molecule has 0 aliphatic carbocycles. The van der Waals surface area contributed by atoms with Gasteiger partial charge < -0.3 is 9.64 Å². The van der Waals surface area contributed by atoms with Crippen LogP contribution < -0.4 is 4.90 Å². The quantitative estimate of drug-likeness (QED) is 0.847. The molecular formula is C15H19BrN2O. The van der Waals surface area contributed by atoms with Gasteiger partial charge in [0.05, 0.1) is 17.4 Å². The van der Waals surface area contributed by atoms with Gasteiger partial charge in [0.15, 0.2) is 0 Å². The van der Waals surface area contributed by atoms with Gasteiger partial charge in [0.1, 0.15) is 6.07 Å². The molecule has 0 saturated carbocycles. The zero-order valence-electron chi connectivity index (χ0n) is 11.2. The number of halogens is 1. The fraction of sp³-hybridized carbons (Fsp3) is 0.533. The van der Waals surface area contributed by atoms with Gasteiger partial charge in [-0.15, -0.1) is 0 Å². The Hall–Kier alpha value is -1.05. The molecule has 0 spiro atoms. The number of hydrogen-bond donors (Lipinski definition) is 0. The van der Waals surface area contributed by atoms with Crippen LogP contribution in [0.4, 0.5) is 5.69 Å². The summed E-state index contributed by atoms with van der Waals surface area (Å²) < 4.78 is 6.72. The second-order valence-corrected chi connectivity index (χ2v) is 5.68. The minimum atomic E-state index is 0.291. The van der Waals surface area contributed by atoms with Crippen molar-refractivity contribution in [1.29, 1.82) is 5.26 Å². The fourth-order valence-corrected chi connectivity index (χ4v) is 2.91. The summed E-state index contributed by atoms with van der Waals surface area (Å²) in [6, 6.07) is 8.21. The zero-order valence-corrected chi connectivity index (χ0v) is 12.8. The number of ether oxygens (including phenoxy) is 1. The molecule has 19 heavy (non-hydrogen) atoms. The minimum absolute atomic E-state index is 0.291. The Bertz CT molecular complexity index is 470. The van der Waals surface area contributed by atoms with Crippen molar-refractivity contribution in [2.75, 3.05) is 24.6 Å². The molecule has 1 unspecified atom stereocenters. The molecule has 1 fully saturated rings. The number of hydrogen-bond acceptors (Lipinski definition) is 3. The molecule has 0 radical (unpaired) electrons. The van der Waals surface area contributed by atoms with E-state index < -0.39 is 0 Å². The standard InChI is InChI=1S/C15H19BrN2O/c1-2-9-19-12-5-4-8-18(11-12)15-7-3-6-14(16)13(15)10-17/h3,6-7,12H,2,4-5,8-9,11H2,1H3. The van der Waals surface area contributed by atoms with E-state index in [0.29, 0.717) is 6.10 Å². The van der Waals surface area contributed by atoms with Crippen molar-refractivity contribution < 1.29 is 4.74 Å². The lowest BCUT2D eigenvalue weighted by Crippen LogP contribution is -2.40. The summed E-state index contributed by atoms with van der Waals surface area (Å²) in [5, 5.41) is 9.30. The summed E-state index contributed by atoms with van der Waals surface area (Å²) in [6.07, 6.45) is 3.58. The first kappa shape index (κ1) is 14.4. The van der Waals surface area contributed by atoms with Crippen molar-refractivity contribution in [2.45, 2.75) is 32.3 Å². The number of nitriles is 1. The van der Waals surface area contributed by atoms with E-state index in [1.165, 1.54) is 0 Å². The average Bonchev–Trinajstić information content (AvgIpc) is 2.45. The van der Waals surface area contributed by atoms with Gasteiger partial charge in [0, 0.05) is 24.2 Å². The molecule has 0 aromatic heterocycles. The van der Waals surface area contributed by atoms with Crippen LogP contribution in [0.5, 0.6) is 0 Å². The van der Waals surface area contributed by atoms with Crippen LogP contribution >= 0.6 is 15.9 Å². The molecule has 1 aromatic carbocycles. The summed E-state index contributed by atoms with van der Waals surface area (Å²) in [6.45, 7) is 4.83. The van der Waals surface area contributed by atoms with E-state index in [-0.39, 0.29) is 0 Å². The third-order valence-electron chi connectivity index (χ3n) is 3.38. The van der Waals surface area contributed by atoms with Crippen LogP contribution in [0, 0.1) is 11.3 Å². The Kier molecular flexibility index (Phi) is 5.24. The molecular weight excluding hydrogens is 304 g/mol. The van der Waals surface area contributed by atoms with Crippen LogP contribution in [0.3, 0.4) is 0 Å². The van der Waals surface area contributed by atoms with Crippen molar-refractivity contribution >= 4 is 21.6 Å². The van der Waals surface area contributed by atoms with Crippen molar-refractivity contribution in [1.82, 2.24) is 0 Å². The maximum absolute atomic E-state index is 9.30. The molecule has 2 rings (SSSR count). The average molecular weight is 323 g/mol. The maximum atomic E-state index is 9.30. The third kappa shape index (κ3) is 3.49. The summed E-state index contributed by atoms with van der Waals surface area (Å²) in [5.74, 6) is 0. The van der Waals surface area contributed by atoms with Gasteiger partial charge in [-0.2, -0.15) is 5.26 Å². The zero-order chi connectivity index (χ0) is 13.7. The first-order chi connectivity index (χ1) is 9.26. The molecule has 1 saturated heterocycles. The molecule has 102 valence electrons. The molecule has 1 heterocycles. The lowest BCUT2D eigenvalue weighted by atomic mass is 10.1. The van der Waals surface area contributed by atoms with Gasteiger partial charge in [-0.05, 0) is 47.3 Å². The molecule has 0 amide bonds. The molecule has 0 N–H and O–H groups in total. The summed E-state index contributed by atoms with van der Waals surface area (Å²) in [5.41, 5.74) is 1.74. The third-order valence-corrected chi connectivity index (χ3v) is 4.04. The number of benzene rings is 1. The van der Waals surface area contributed by atoms with Crippen molar-refractivity contribution in [3.05, 3.63) is 28.2 Å². The van der Waals surface area contributed by atoms with Crippen LogP contribution in [0.15, 0.2) is 22.7 Å². The predicted molar refractivity (Wildman–Crippen MR) is 80.3 cm³/mol. The fourth-order valence-electron chi connectivity index (χ4n) is 2.46. The highest BCUT2D eigenvalue weighted by Crippen LogP contribution is 2.29. The van der Waals surface area contributed by atoms with E-state index in [4.69, 9.17) is 4.74 Å². The highest BCUT2D eigenvalue weighted by atomic mass is 79.9. The van der Waals surface area contributed by atoms with E-state index in [9.17, 15) is 5.26 Å². The van der Waals surface area contributed by atoms with Crippen LogP contribution in [-0.4, -0.2) is 25.8 Å². The van der Waals surface area contributed by atoms with Crippen LogP contribution in [0.2, 0.25) is 0 Å². The van der Waals surface area contributed by atoms with Crippen LogP contribution in [0.1, 0.15) is 31.7 Å². The lowest BCUT2D eigenvalue weighted by molar-refractivity contribution is 0.0440. The second-order valence-electron chi connectivity index (χ2n) is 4.83. The van der Waals surface area contributed by atoms with Gasteiger partial charge in [0.2, 0.25) is 0 Å². The molecule has 4 heteroatoms. The van der Waals surface area contributed by atoms with Gasteiger partial charge in [-0.3, -0.25) is 0 Å². The smallest absolute Gasteiger partial charge is 0.103 e. The van der Waals surface area contributed by atoms with Crippen molar-refractivity contribution in [3.8, 4) is 6.07 Å². The first-order valence-electron chi connectivity index (χ1n) is 6.81. The lowest BCUT2D eigenvalue weighted by Gasteiger charge is -2.34. The van der Waals surface area contributed by atoms with Crippen LogP contribution in [0.25, 0.3) is 0 Å². The minimum Gasteiger partial charge on any atom is -0.376 e. The van der Waals surface area contributed by atoms with Gasteiger partial charge in [0.25, 0.3) is 0 Å². The number of rotatable bonds is 4. The number of piperidine rings is 1. The molecule has 1 aliphatic rings. The Morgan fingerprint density at radius 1 is 1.53 bits per heavy atom. The topological polar surface area (TPSA) is 36.3 Å². The van der Waals surface area contributed by atoms with Gasteiger partial charge >= 0.3 is 0 Å². The van der Waals surface area contributed by atoms with E-state index in [2.05, 4.69) is 33.8 Å². The maximum Gasteiger partial charge on any atom is 0.103 e. The predicted octanol–water partition coefficient (Wildman–Crippen LogP) is 3.72. The summed E-state index contributed by atoms with van der Waals surface area (Å²) in [4.78, 5) is 2.27. The van der Waals surface area contributed by atoms with E-state index in [1.54, 1.807) is 0 Å². The SMILES string of the molecule is CCCOC1CCCN(c2cccc(Br)c2C#N)C1. The highest BCUT2D eigenvalue weighted by Gasteiger charge is 2.22. The number of anilines is 1. The molecule has 1 aliphatic heterocycles. The number of nitrogens with zero attached hydrogens (tertiary/aromatic N) is 2. The molecule has 0 bridgehead atoms. The molecule has 1 aromatic rings. The van der Waals surface area contributed by atoms with Crippen molar-refractivity contribution in [2.24, 2.45) is 0 Å². The van der Waals surface area contributed by atoms with E-state index in [1.807, 2.05) is 18.2 Å². The largest absolute Gasteiger partial charge is 0.376 e. The Labute approximate surface area is 123 Å². The van der Waals surface area contributed by atoms with Crippen molar-refractivity contribution in [3.63, 3.8) is 0 Å².